The average molecular weight is 288 g/mol. The van der Waals surface area contributed by atoms with E-state index in [1.54, 1.807) is 22.9 Å². The van der Waals surface area contributed by atoms with Gasteiger partial charge in [0.1, 0.15) is 0 Å². The summed E-state index contributed by atoms with van der Waals surface area (Å²) >= 11 is 0. The van der Waals surface area contributed by atoms with Gasteiger partial charge in [-0.05, 0) is 6.07 Å². The second-order valence-electron chi connectivity index (χ2n) is 4.34. The van der Waals surface area contributed by atoms with Crippen molar-refractivity contribution >= 4 is 11.7 Å². The minimum Gasteiger partial charge on any atom is -0.476 e. The molecule has 0 bridgehead atoms. The summed E-state index contributed by atoms with van der Waals surface area (Å²) in [5, 5.41) is 16.6. The number of hydrogen-bond acceptors (Lipinski definition) is 6. The van der Waals surface area contributed by atoms with Crippen molar-refractivity contribution in [2.24, 2.45) is 0 Å². The number of aromatic carboxylic acids is 1. The molecule has 9 nitrogen and oxygen atoms in total. The highest BCUT2D eigenvalue weighted by molar-refractivity contribution is 5.86. The molecule has 3 aromatic heterocycles. The van der Waals surface area contributed by atoms with E-state index in [9.17, 15) is 4.79 Å². The average Bonchev–Trinajstić information content (AvgIpc) is 3.03. The van der Waals surface area contributed by atoms with E-state index in [0.29, 0.717) is 23.7 Å². The summed E-state index contributed by atoms with van der Waals surface area (Å²) in [6.07, 6.45) is 5.29. The normalized spacial score (nSPS) is 11.1. The molecule has 3 rings (SSSR count). The summed E-state index contributed by atoms with van der Waals surface area (Å²) in [7, 11) is 1.48. The van der Waals surface area contributed by atoms with Crippen molar-refractivity contribution in [1.29, 1.82) is 0 Å². The minimum absolute atomic E-state index is 0.111. The zero-order valence-electron chi connectivity index (χ0n) is 11.2. The number of nitrogens with zero attached hydrogens (tertiary/aromatic N) is 6. The molecule has 0 fully saturated rings. The number of aromatic nitrogens is 6. The number of fused-ring (bicyclic) bond motifs is 1. The van der Waals surface area contributed by atoms with Crippen molar-refractivity contribution in [2.75, 3.05) is 7.11 Å². The second-order valence-corrected chi connectivity index (χ2v) is 4.34. The molecule has 3 heterocycles. The van der Waals surface area contributed by atoms with Gasteiger partial charge in [0.25, 0.3) is 0 Å². The van der Waals surface area contributed by atoms with Crippen LogP contribution in [0.5, 0.6) is 0 Å². The molecule has 0 saturated carbocycles. The summed E-state index contributed by atoms with van der Waals surface area (Å²) in [6, 6.07) is 1.80. The third-order valence-corrected chi connectivity index (χ3v) is 2.92. The summed E-state index contributed by atoms with van der Waals surface area (Å²) < 4.78 is 8.26. The van der Waals surface area contributed by atoms with Crippen molar-refractivity contribution in [2.45, 2.75) is 13.2 Å². The fraction of sp³-hybridized carbons (Fsp3) is 0.250. The first-order valence-corrected chi connectivity index (χ1v) is 6.12. The number of hydrogen-bond donors (Lipinski definition) is 1. The van der Waals surface area contributed by atoms with Crippen LogP contribution in [0.25, 0.3) is 5.78 Å². The molecule has 1 N–H and O–H groups in total. The smallest absolute Gasteiger partial charge is 0.358 e. The number of carboxylic acids is 1. The third-order valence-electron chi connectivity index (χ3n) is 2.92. The quantitative estimate of drug-likeness (QED) is 0.715. The Bertz CT molecular complexity index is 760. The van der Waals surface area contributed by atoms with Crippen LogP contribution in [0.2, 0.25) is 0 Å². The van der Waals surface area contributed by atoms with Gasteiger partial charge in [0, 0.05) is 25.7 Å². The van der Waals surface area contributed by atoms with Crippen molar-refractivity contribution in [3.63, 3.8) is 0 Å². The Morgan fingerprint density at radius 3 is 3.05 bits per heavy atom. The van der Waals surface area contributed by atoms with Gasteiger partial charge in [-0.3, -0.25) is 4.40 Å². The van der Waals surface area contributed by atoms with Crippen LogP contribution in [-0.2, 0) is 17.9 Å². The molecule has 0 unspecified atom stereocenters. The molecule has 0 aliphatic rings. The van der Waals surface area contributed by atoms with Gasteiger partial charge in [-0.1, -0.05) is 5.21 Å². The maximum Gasteiger partial charge on any atom is 0.358 e. The van der Waals surface area contributed by atoms with E-state index >= 15 is 0 Å². The molecule has 0 saturated heterocycles. The largest absolute Gasteiger partial charge is 0.476 e. The van der Waals surface area contributed by atoms with Gasteiger partial charge in [0.2, 0.25) is 5.78 Å². The number of methoxy groups -OCH3 is 1. The number of carboxylic acid groups (broad SMARTS) is 1. The Balaban J connectivity index is 1.95. The van der Waals surface area contributed by atoms with Gasteiger partial charge >= 0.3 is 5.97 Å². The summed E-state index contributed by atoms with van der Waals surface area (Å²) in [5.74, 6) is -0.565. The SMILES string of the molecule is COCc1c(C(=O)O)nnn1Cc1cn2cccnc2n1. The fourth-order valence-corrected chi connectivity index (χ4v) is 2.01. The van der Waals surface area contributed by atoms with Crippen LogP contribution >= 0.6 is 0 Å². The lowest BCUT2D eigenvalue weighted by Gasteiger charge is -2.03. The van der Waals surface area contributed by atoms with E-state index in [0.717, 1.165) is 0 Å². The Morgan fingerprint density at radius 2 is 2.33 bits per heavy atom. The molecule has 0 atom stereocenters. The molecule has 0 aliphatic heterocycles. The van der Waals surface area contributed by atoms with Gasteiger partial charge in [0.15, 0.2) is 5.69 Å². The van der Waals surface area contributed by atoms with Gasteiger partial charge in [-0.2, -0.15) is 0 Å². The third kappa shape index (κ3) is 2.46. The highest BCUT2D eigenvalue weighted by Gasteiger charge is 2.19. The predicted octanol–water partition coefficient (Wildman–Crippen LogP) is 0.214. The van der Waals surface area contributed by atoms with E-state index in [1.807, 2.05) is 6.20 Å². The van der Waals surface area contributed by atoms with Gasteiger partial charge < -0.3 is 9.84 Å². The van der Waals surface area contributed by atoms with E-state index < -0.39 is 5.97 Å². The number of ether oxygens (including phenoxy) is 1. The standard InChI is InChI=1S/C12H12N6O3/c1-21-7-9-10(11(19)20)15-16-18(9)6-8-5-17-4-2-3-13-12(17)14-8/h2-5H,6-7H2,1H3,(H,19,20). The van der Waals surface area contributed by atoms with Crippen molar-refractivity contribution in [1.82, 2.24) is 29.4 Å². The molecular formula is C12H12N6O3. The first kappa shape index (κ1) is 13.2. The van der Waals surface area contributed by atoms with Crippen LogP contribution in [0.3, 0.4) is 0 Å². The molecule has 21 heavy (non-hydrogen) atoms. The second kappa shape index (κ2) is 5.29. The first-order valence-electron chi connectivity index (χ1n) is 6.12. The molecule has 9 heteroatoms. The van der Waals surface area contributed by atoms with E-state index in [-0.39, 0.29) is 12.3 Å². The lowest BCUT2D eigenvalue weighted by molar-refractivity contribution is 0.0684. The summed E-state index contributed by atoms with van der Waals surface area (Å²) in [4.78, 5) is 19.6. The van der Waals surface area contributed by atoms with Crippen LogP contribution in [0, 0.1) is 0 Å². The summed E-state index contributed by atoms with van der Waals surface area (Å²) in [5.41, 5.74) is 0.988. The fourth-order valence-electron chi connectivity index (χ4n) is 2.01. The van der Waals surface area contributed by atoms with Gasteiger partial charge in [0.05, 0.1) is 24.5 Å². The van der Waals surface area contributed by atoms with Gasteiger partial charge in [-0.15, -0.1) is 5.10 Å². The van der Waals surface area contributed by atoms with Gasteiger partial charge in [-0.25, -0.2) is 19.4 Å². The van der Waals surface area contributed by atoms with Crippen LogP contribution in [0.4, 0.5) is 0 Å². The van der Waals surface area contributed by atoms with Crippen LogP contribution < -0.4 is 0 Å². The Morgan fingerprint density at radius 1 is 1.48 bits per heavy atom. The van der Waals surface area contributed by atoms with E-state index in [2.05, 4.69) is 20.3 Å². The monoisotopic (exact) mass is 288 g/mol. The van der Waals surface area contributed by atoms with Crippen LogP contribution in [0.1, 0.15) is 21.9 Å². The van der Waals surface area contributed by atoms with Crippen molar-refractivity contribution < 1.29 is 14.6 Å². The first-order chi connectivity index (χ1) is 10.2. The Labute approximate surface area is 118 Å². The molecule has 0 aromatic carbocycles. The lowest BCUT2D eigenvalue weighted by atomic mass is 10.3. The molecule has 108 valence electrons. The van der Waals surface area contributed by atoms with E-state index in [1.165, 1.54) is 11.8 Å². The molecule has 0 radical (unpaired) electrons. The number of imidazole rings is 1. The topological polar surface area (TPSA) is 107 Å². The maximum absolute atomic E-state index is 11.1. The van der Waals surface area contributed by atoms with Crippen molar-refractivity contribution in [3.05, 3.63) is 41.7 Å². The summed E-state index contributed by atoms with van der Waals surface area (Å²) in [6.45, 7) is 0.405. The Kier molecular flexibility index (Phi) is 3.32. The predicted molar refractivity (Wildman–Crippen MR) is 69.8 cm³/mol. The molecule has 0 amide bonds. The van der Waals surface area contributed by atoms with Crippen LogP contribution in [0.15, 0.2) is 24.7 Å². The number of carbonyl (C=O) groups is 1. The molecule has 0 spiro atoms. The molecule has 0 aliphatic carbocycles. The lowest BCUT2D eigenvalue weighted by Crippen LogP contribution is -2.10. The zero-order chi connectivity index (χ0) is 14.8. The maximum atomic E-state index is 11.1. The molecular weight excluding hydrogens is 276 g/mol. The highest BCUT2D eigenvalue weighted by Crippen LogP contribution is 2.10. The number of rotatable bonds is 5. The zero-order valence-corrected chi connectivity index (χ0v) is 11.2. The van der Waals surface area contributed by atoms with Crippen LogP contribution in [-0.4, -0.2) is 47.5 Å². The minimum atomic E-state index is -1.13. The van der Waals surface area contributed by atoms with Crippen molar-refractivity contribution in [3.8, 4) is 0 Å². The Hall–Kier alpha value is -2.81. The van der Waals surface area contributed by atoms with E-state index in [4.69, 9.17) is 9.84 Å². The molecule has 3 aromatic rings. The highest BCUT2D eigenvalue weighted by atomic mass is 16.5.